The monoisotopic (exact) mass is 333 g/mol. The topological polar surface area (TPSA) is 84.2 Å². The Morgan fingerprint density at radius 1 is 1.21 bits per heavy atom. The summed E-state index contributed by atoms with van der Waals surface area (Å²) in [5.74, 6) is 1.37. The van der Waals surface area contributed by atoms with Crippen molar-refractivity contribution in [2.75, 3.05) is 6.54 Å². The molecular formula is C18H27N3O3. The second-order valence-corrected chi connectivity index (χ2v) is 7.06. The number of carbonyl (C=O) groups excluding carboxylic acids is 2. The second-order valence-electron chi connectivity index (χ2n) is 7.06. The Kier molecular flexibility index (Phi) is 5.53. The van der Waals surface area contributed by atoms with Crippen LogP contribution in [-0.4, -0.2) is 29.6 Å². The van der Waals surface area contributed by atoms with E-state index in [0.717, 1.165) is 63.7 Å². The molecule has 6 heteroatoms. The number of amides is 2. The number of unbranched alkanes of at least 4 members (excludes halogenated alkanes) is 1. The van der Waals surface area contributed by atoms with Gasteiger partial charge in [-0.1, -0.05) is 18.5 Å². The average molecular weight is 333 g/mol. The smallest absolute Gasteiger partial charge is 0.273 e. The van der Waals surface area contributed by atoms with Crippen molar-refractivity contribution in [2.24, 2.45) is 5.92 Å². The van der Waals surface area contributed by atoms with Crippen LogP contribution in [0.5, 0.6) is 0 Å². The van der Waals surface area contributed by atoms with Gasteiger partial charge in [-0.2, -0.15) is 0 Å². The summed E-state index contributed by atoms with van der Waals surface area (Å²) >= 11 is 0. The fraction of sp³-hybridized carbons (Fsp3) is 0.722. The largest absolute Gasteiger partial charge is 0.360 e. The molecule has 24 heavy (non-hydrogen) atoms. The van der Waals surface area contributed by atoms with Gasteiger partial charge in [-0.25, -0.2) is 0 Å². The lowest BCUT2D eigenvalue weighted by molar-refractivity contribution is -0.126. The number of nitrogens with zero attached hydrogens (tertiary/aromatic N) is 1. The third-order valence-corrected chi connectivity index (χ3v) is 5.00. The normalized spacial score (nSPS) is 23.7. The molecule has 0 atom stereocenters. The van der Waals surface area contributed by atoms with Gasteiger partial charge in [0.1, 0.15) is 5.76 Å². The number of carbonyl (C=O) groups is 2. The van der Waals surface area contributed by atoms with E-state index in [9.17, 15) is 9.59 Å². The van der Waals surface area contributed by atoms with Crippen LogP contribution in [-0.2, 0) is 4.79 Å². The van der Waals surface area contributed by atoms with Gasteiger partial charge < -0.3 is 15.2 Å². The minimum atomic E-state index is -0.165. The minimum absolute atomic E-state index is 0.0866. The fourth-order valence-corrected chi connectivity index (χ4v) is 3.25. The van der Waals surface area contributed by atoms with Crippen LogP contribution < -0.4 is 10.6 Å². The van der Waals surface area contributed by atoms with Gasteiger partial charge in [-0.3, -0.25) is 9.59 Å². The summed E-state index contributed by atoms with van der Waals surface area (Å²) < 4.78 is 5.23. The van der Waals surface area contributed by atoms with Crippen molar-refractivity contribution in [3.8, 4) is 0 Å². The zero-order valence-electron chi connectivity index (χ0n) is 14.3. The maximum Gasteiger partial charge on any atom is 0.273 e. The van der Waals surface area contributed by atoms with Crippen LogP contribution >= 0.6 is 0 Å². The van der Waals surface area contributed by atoms with Crippen LogP contribution in [0.2, 0.25) is 0 Å². The van der Waals surface area contributed by atoms with E-state index < -0.39 is 0 Å². The van der Waals surface area contributed by atoms with Crippen molar-refractivity contribution in [1.29, 1.82) is 0 Å². The van der Waals surface area contributed by atoms with Gasteiger partial charge in [0.15, 0.2) is 5.69 Å². The predicted octanol–water partition coefficient (Wildman–Crippen LogP) is 2.76. The lowest BCUT2D eigenvalue weighted by Gasteiger charge is -2.28. The molecule has 2 fully saturated rings. The molecule has 132 valence electrons. The predicted molar refractivity (Wildman–Crippen MR) is 89.6 cm³/mol. The van der Waals surface area contributed by atoms with Crippen molar-refractivity contribution in [3.63, 3.8) is 0 Å². The highest BCUT2D eigenvalue weighted by Gasteiger charge is 2.30. The molecule has 0 spiro atoms. The highest BCUT2D eigenvalue weighted by molar-refractivity contribution is 5.92. The molecule has 0 radical (unpaired) electrons. The third kappa shape index (κ3) is 4.36. The summed E-state index contributed by atoms with van der Waals surface area (Å²) in [6.45, 7) is 2.88. The maximum absolute atomic E-state index is 12.2. The molecule has 2 saturated carbocycles. The van der Waals surface area contributed by atoms with Gasteiger partial charge in [0.2, 0.25) is 5.91 Å². The summed E-state index contributed by atoms with van der Waals surface area (Å²) in [7, 11) is 0. The lowest BCUT2D eigenvalue weighted by atomic mass is 9.85. The van der Waals surface area contributed by atoms with Crippen molar-refractivity contribution < 1.29 is 14.1 Å². The van der Waals surface area contributed by atoms with Crippen molar-refractivity contribution in [1.82, 2.24) is 15.8 Å². The molecule has 0 aromatic carbocycles. The van der Waals surface area contributed by atoms with E-state index in [2.05, 4.69) is 22.7 Å². The highest BCUT2D eigenvalue weighted by atomic mass is 16.5. The molecule has 2 N–H and O–H groups in total. The van der Waals surface area contributed by atoms with E-state index >= 15 is 0 Å². The molecule has 0 bridgehead atoms. The van der Waals surface area contributed by atoms with E-state index in [0.29, 0.717) is 11.6 Å². The van der Waals surface area contributed by atoms with Gasteiger partial charge in [0.05, 0.1) is 0 Å². The Bertz CT molecular complexity index is 572. The number of rotatable bonds is 7. The molecule has 1 aromatic heterocycles. The first-order valence-corrected chi connectivity index (χ1v) is 9.22. The Balaban J connectivity index is 1.41. The molecule has 0 aliphatic heterocycles. The number of hydrogen-bond donors (Lipinski definition) is 2. The van der Waals surface area contributed by atoms with E-state index in [4.69, 9.17) is 4.52 Å². The van der Waals surface area contributed by atoms with Crippen LogP contribution in [0.4, 0.5) is 0 Å². The molecule has 2 aliphatic carbocycles. The number of nitrogens with one attached hydrogen (secondary N) is 2. The van der Waals surface area contributed by atoms with Crippen LogP contribution in [0.1, 0.15) is 80.5 Å². The first-order valence-electron chi connectivity index (χ1n) is 9.22. The van der Waals surface area contributed by atoms with Crippen molar-refractivity contribution in [2.45, 2.75) is 70.3 Å². The molecule has 0 unspecified atom stereocenters. The molecule has 2 aliphatic rings. The summed E-state index contributed by atoms with van der Waals surface area (Å²) in [5.41, 5.74) is 0.372. The zero-order valence-corrected chi connectivity index (χ0v) is 14.3. The number of hydrogen-bond acceptors (Lipinski definition) is 4. The lowest BCUT2D eigenvalue weighted by Crippen LogP contribution is -2.41. The van der Waals surface area contributed by atoms with Gasteiger partial charge in [0, 0.05) is 30.5 Å². The van der Waals surface area contributed by atoms with Gasteiger partial charge >= 0.3 is 0 Å². The SMILES string of the molecule is CCCCNC(=O)C1CCC(NC(=O)c2cc(C3CC3)on2)CC1. The Labute approximate surface area is 142 Å². The summed E-state index contributed by atoms with van der Waals surface area (Å²) in [5, 5.41) is 9.91. The van der Waals surface area contributed by atoms with E-state index in [-0.39, 0.29) is 23.8 Å². The number of aromatic nitrogens is 1. The van der Waals surface area contributed by atoms with Crippen LogP contribution in [0.25, 0.3) is 0 Å². The molecule has 6 nitrogen and oxygen atoms in total. The average Bonchev–Trinajstić information content (AvgIpc) is 3.32. The van der Waals surface area contributed by atoms with Gasteiger partial charge in [-0.15, -0.1) is 0 Å². The first kappa shape index (κ1) is 17.0. The first-order chi connectivity index (χ1) is 11.7. The fourth-order valence-electron chi connectivity index (χ4n) is 3.25. The van der Waals surface area contributed by atoms with Crippen molar-refractivity contribution in [3.05, 3.63) is 17.5 Å². The Hall–Kier alpha value is -1.85. The molecular weight excluding hydrogens is 306 g/mol. The van der Waals surface area contributed by atoms with Gasteiger partial charge in [0.25, 0.3) is 5.91 Å². The van der Waals surface area contributed by atoms with Crippen molar-refractivity contribution >= 4 is 11.8 Å². The van der Waals surface area contributed by atoms with E-state index in [1.807, 2.05) is 0 Å². The van der Waals surface area contributed by atoms with E-state index in [1.54, 1.807) is 6.07 Å². The standard InChI is InChI=1S/C18H27N3O3/c1-2-3-10-19-17(22)13-6-8-14(9-7-13)20-18(23)15-11-16(24-21-15)12-4-5-12/h11-14H,2-10H2,1H3,(H,19,22)(H,20,23). The Morgan fingerprint density at radius 2 is 1.96 bits per heavy atom. The Morgan fingerprint density at radius 3 is 2.62 bits per heavy atom. The van der Waals surface area contributed by atoms with E-state index in [1.165, 1.54) is 0 Å². The molecule has 1 aromatic rings. The quantitative estimate of drug-likeness (QED) is 0.752. The van der Waals surface area contributed by atoms with Crippen LogP contribution in [0, 0.1) is 5.92 Å². The molecule has 0 saturated heterocycles. The van der Waals surface area contributed by atoms with Crippen LogP contribution in [0.15, 0.2) is 10.6 Å². The van der Waals surface area contributed by atoms with Gasteiger partial charge in [-0.05, 0) is 44.9 Å². The minimum Gasteiger partial charge on any atom is -0.360 e. The van der Waals surface area contributed by atoms with Crippen LogP contribution in [0.3, 0.4) is 0 Å². The summed E-state index contributed by atoms with van der Waals surface area (Å²) in [4.78, 5) is 24.3. The molecule has 2 amide bonds. The summed E-state index contributed by atoms with van der Waals surface area (Å²) in [6.07, 6.45) is 7.70. The third-order valence-electron chi connectivity index (χ3n) is 5.00. The highest BCUT2D eigenvalue weighted by Crippen LogP contribution is 2.40. The maximum atomic E-state index is 12.2. The summed E-state index contributed by atoms with van der Waals surface area (Å²) in [6, 6.07) is 1.89. The zero-order chi connectivity index (χ0) is 16.9. The molecule has 3 rings (SSSR count). The molecule has 1 heterocycles. The second kappa shape index (κ2) is 7.81.